The molecule has 0 saturated heterocycles. The molecular formula is C14H19BrN4S. The van der Waals surface area contributed by atoms with E-state index in [4.69, 9.17) is 0 Å². The van der Waals surface area contributed by atoms with Gasteiger partial charge in [0.05, 0.1) is 17.9 Å². The Morgan fingerprint density at radius 2 is 2.10 bits per heavy atom. The molecule has 2 rings (SSSR count). The van der Waals surface area contributed by atoms with Crippen LogP contribution in [0, 0.1) is 0 Å². The molecule has 4 nitrogen and oxygen atoms in total. The van der Waals surface area contributed by atoms with Gasteiger partial charge in [0.25, 0.3) is 0 Å². The lowest BCUT2D eigenvalue weighted by atomic mass is 10.2. The summed E-state index contributed by atoms with van der Waals surface area (Å²) in [5.41, 5.74) is 1.15. The number of thioether (sulfide) groups is 1. The normalized spacial score (nSPS) is 12.6. The molecule has 0 aliphatic carbocycles. The van der Waals surface area contributed by atoms with Gasteiger partial charge in [-0.15, -0.1) is 16.9 Å². The molecule has 0 saturated carbocycles. The maximum Gasteiger partial charge on any atom is 0.0765 e. The first kappa shape index (κ1) is 15.5. The van der Waals surface area contributed by atoms with Crippen LogP contribution in [0.2, 0.25) is 0 Å². The van der Waals surface area contributed by atoms with Crippen molar-refractivity contribution in [2.45, 2.75) is 30.8 Å². The summed E-state index contributed by atoms with van der Waals surface area (Å²) in [4.78, 5) is 1.27. The number of aryl methyl sites for hydroxylation is 1. The van der Waals surface area contributed by atoms with Gasteiger partial charge in [-0.3, -0.25) is 0 Å². The van der Waals surface area contributed by atoms with E-state index in [1.165, 1.54) is 4.90 Å². The van der Waals surface area contributed by atoms with Gasteiger partial charge in [0, 0.05) is 21.7 Å². The predicted molar refractivity (Wildman–Crippen MR) is 87.0 cm³/mol. The lowest BCUT2D eigenvalue weighted by Crippen LogP contribution is -2.22. The molecule has 2 aromatic rings. The van der Waals surface area contributed by atoms with Crippen molar-refractivity contribution in [3.8, 4) is 0 Å². The summed E-state index contributed by atoms with van der Waals surface area (Å²) in [7, 11) is 1.98. The zero-order chi connectivity index (χ0) is 14.4. The summed E-state index contributed by atoms with van der Waals surface area (Å²) in [6, 6.07) is 8.65. The number of halogens is 1. The predicted octanol–water partition coefficient (Wildman–Crippen LogP) is 3.50. The van der Waals surface area contributed by atoms with Crippen LogP contribution in [0.3, 0.4) is 0 Å². The fraction of sp³-hybridized carbons (Fsp3) is 0.429. The Bertz CT molecular complexity index is 526. The van der Waals surface area contributed by atoms with Gasteiger partial charge in [-0.25, -0.2) is 4.68 Å². The van der Waals surface area contributed by atoms with Gasteiger partial charge in [-0.1, -0.05) is 28.1 Å². The first-order chi connectivity index (χ1) is 9.74. The average Bonchev–Trinajstić information content (AvgIpc) is 2.90. The monoisotopic (exact) mass is 354 g/mol. The summed E-state index contributed by atoms with van der Waals surface area (Å²) in [5.74, 6) is 0.954. The second-order valence-corrected chi connectivity index (χ2v) is 6.50. The minimum absolute atomic E-state index is 0.255. The highest BCUT2D eigenvalue weighted by Gasteiger charge is 2.15. The highest BCUT2D eigenvalue weighted by Crippen LogP contribution is 2.25. The Morgan fingerprint density at radius 1 is 1.35 bits per heavy atom. The SMILES string of the molecule is CCCn1nncc1C(CSc1ccc(Br)cc1)NC. The van der Waals surface area contributed by atoms with E-state index in [-0.39, 0.29) is 6.04 Å². The molecule has 1 aromatic heterocycles. The summed E-state index contributed by atoms with van der Waals surface area (Å²) in [6.45, 7) is 3.06. The van der Waals surface area contributed by atoms with E-state index in [1.54, 1.807) is 0 Å². The largest absolute Gasteiger partial charge is 0.311 e. The van der Waals surface area contributed by atoms with Crippen molar-refractivity contribution in [1.29, 1.82) is 0 Å². The van der Waals surface area contributed by atoms with Crippen LogP contribution < -0.4 is 5.32 Å². The molecule has 20 heavy (non-hydrogen) atoms. The van der Waals surface area contributed by atoms with E-state index in [0.717, 1.165) is 28.9 Å². The molecule has 6 heteroatoms. The third kappa shape index (κ3) is 4.07. The molecule has 0 spiro atoms. The van der Waals surface area contributed by atoms with Crippen LogP contribution in [-0.2, 0) is 6.54 Å². The minimum atomic E-state index is 0.255. The Labute approximate surface area is 132 Å². The van der Waals surface area contributed by atoms with Crippen molar-refractivity contribution >= 4 is 27.7 Å². The maximum atomic E-state index is 4.15. The van der Waals surface area contributed by atoms with E-state index in [2.05, 4.69) is 62.7 Å². The zero-order valence-electron chi connectivity index (χ0n) is 11.7. The van der Waals surface area contributed by atoms with Gasteiger partial charge < -0.3 is 5.32 Å². The van der Waals surface area contributed by atoms with E-state index in [0.29, 0.717) is 0 Å². The van der Waals surface area contributed by atoms with Crippen LogP contribution in [0.5, 0.6) is 0 Å². The van der Waals surface area contributed by atoms with Gasteiger partial charge >= 0.3 is 0 Å². The first-order valence-corrected chi connectivity index (χ1v) is 8.46. The van der Waals surface area contributed by atoms with Gasteiger partial charge in [0.2, 0.25) is 0 Å². The molecular weight excluding hydrogens is 336 g/mol. The van der Waals surface area contributed by atoms with Gasteiger partial charge in [0.1, 0.15) is 0 Å². The molecule has 1 aromatic carbocycles. The molecule has 1 unspecified atom stereocenters. The van der Waals surface area contributed by atoms with Crippen molar-refractivity contribution in [3.05, 3.63) is 40.6 Å². The summed E-state index contributed by atoms with van der Waals surface area (Å²) in [5, 5.41) is 11.5. The number of aromatic nitrogens is 3. The molecule has 1 heterocycles. The summed E-state index contributed by atoms with van der Waals surface area (Å²) in [6.07, 6.45) is 2.92. The van der Waals surface area contributed by atoms with Gasteiger partial charge in [0.15, 0.2) is 0 Å². The van der Waals surface area contributed by atoms with Crippen molar-refractivity contribution in [2.24, 2.45) is 0 Å². The molecule has 0 fully saturated rings. The Kier molecular flexibility index (Phi) is 6.06. The average molecular weight is 355 g/mol. The number of nitrogens with one attached hydrogen (secondary N) is 1. The number of rotatable bonds is 7. The van der Waals surface area contributed by atoms with E-state index in [9.17, 15) is 0 Å². The second-order valence-electron chi connectivity index (χ2n) is 4.49. The number of hydrogen-bond acceptors (Lipinski definition) is 4. The fourth-order valence-electron chi connectivity index (χ4n) is 1.95. The first-order valence-electron chi connectivity index (χ1n) is 6.68. The smallest absolute Gasteiger partial charge is 0.0765 e. The van der Waals surface area contributed by atoms with Crippen LogP contribution in [0.25, 0.3) is 0 Å². The zero-order valence-corrected chi connectivity index (χ0v) is 14.1. The van der Waals surface area contributed by atoms with Crippen LogP contribution in [0.4, 0.5) is 0 Å². The minimum Gasteiger partial charge on any atom is -0.311 e. The highest BCUT2D eigenvalue weighted by molar-refractivity contribution is 9.10. The Hall–Kier alpha value is -0.850. The van der Waals surface area contributed by atoms with Crippen molar-refractivity contribution in [1.82, 2.24) is 20.3 Å². The highest BCUT2D eigenvalue weighted by atomic mass is 79.9. The van der Waals surface area contributed by atoms with Crippen LogP contribution in [0.1, 0.15) is 25.1 Å². The molecule has 0 bridgehead atoms. The molecule has 0 aliphatic heterocycles. The summed E-state index contributed by atoms with van der Waals surface area (Å²) < 4.78 is 3.10. The second kappa shape index (κ2) is 7.81. The van der Waals surface area contributed by atoms with Crippen molar-refractivity contribution < 1.29 is 0 Å². The topological polar surface area (TPSA) is 42.7 Å². The van der Waals surface area contributed by atoms with Crippen LogP contribution >= 0.6 is 27.7 Å². The standard InChI is InChI=1S/C14H19BrN4S/c1-3-8-19-14(9-17-18-19)13(16-2)10-20-12-6-4-11(15)5-7-12/h4-7,9,13,16H,3,8,10H2,1-2H3. The van der Waals surface area contributed by atoms with Crippen molar-refractivity contribution in [3.63, 3.8) is 0 Å². The van der Waals surface area contributed by atoms with E-state index < -0.39 is 0 Å². The molecule has 1 N–H and O–H groups in total. The Balaban J connectivity index is 2.01. The molecule has 108 valence electrons. The van der Waals surface area contributed by atoms with Crippen molar-refractivity contribution in [2.75, 3.05) is 12.8 Å². The quantitative estimate of drug-likeness (QED) is 0.772. The molecule has 0 aliphatic rings. The third-order valence-corrected chi connectivity index (χ3v) is 4.65. The number of hydrogen-bond donors (Lipinski definition) is 1. The fourth-order valence-corrected chi connectivity index (χ4v) is 3.24. The number of benzene rings is 1. The van der Waals surface area contributed by atoms with Crippen LogP contribution in [0.15, 0.2) is 39.8 Å². The Morgan fingerprint density at radius 3 is 2.75 bits per heavy atom. The lowest BCUT2D eigenvalue weighted by Gasteiger charge is -2.16. The maximum absolute atomic E-state index is 4.15. The third-order valence-electron chi connectivity index (χ3n) is 3.02. The number of nitrogens with zero attached hydrogens (tertiary/aromatic N) is 3. The lowest BCUT2D eigenvalue weighted by molar-refractivity contribution is 0.514. The van der Waals surface area contributed by atoms with Gasteiger partial charge in [-0.2, -0.15) is 0 Å². The molecule has 0 amide bonds. The van der Waals surface area contributed by atoms with Gasteiger partial charge in [-0.05, 0) is 37.7 Å². The van der Waals surface area contributed by atoms with E-state index >= 15 is 0 Å². The summed E-state index contributed by atoms with van der Waals surface area (Å²) >= 11 is 5.29. The van der Waals surface area contributed by atoms with E-state index in [1.807, 2.05) is 29.7 Å². The van der Waals surface area contributed by atoms with Crippen LogP contribution in [-0.4, -0.2) is 27.8 Å². The molecule has 1 atom stereocenters. The molecule has 0 radical (unpaired) electrons.